The van der Waals surface area contributed by atoms with Crippen LogP contribution in [0.4, 0.5) is 5.69 Å². The number of nitrogens with one attached hydrogen (secondary N) is 1. The fourth-order valence-electron chi connectivity index (χ4n) is 2.03. The SMILES string of the molecule is CN1CCN(NC(=O)/C=C\c2cccc([N+](=O)[O-])c2)CC1. The van der Waals surface area contributed by atoms with Gasteiger partial charge in [-0.1, -0.05) is 12.1 Å². The smallest absolute Gasteiger partial charge is 0.270 e. The summed E-state index contributed by atoms with van der Waals surface area (Å²) in [6.07, 6.45) is 2.95. The van der Waals surface area contributed by atoms with Crippen LogP contribution in [0.2, 0.25) is 0 Å². The van der Waals surface area contributed by atoms with Crippen molar-refractivity contribution in [3.63, 3.8) is 0 Å². The number of nitro benzene ring substituents is 1. The number of nitrogens with zero attached hydrogens (tertiary/aromatic N) is 3. The van der Waals surface area contributed by atoms with E-state index in [1.165, 1.54) is 18.2 Å². The first-order valence-electron chi connectivity index (χ1n) is 6.71. The Bertz CT molecular complexity index is 551. The third-order valence-corrected chi connectivity index (χ3v) is 3.28. The topological polar surface area (TPSA) is 78.7 Å². The summed E-state index contributed by atoms with van der Waals surface area (Å²) in [5.74, 6) is -0.231. The molecular weight excluding hydrogens is 272 g/mol. The van der Waals surface area contributed by atoms with Crippen LogP contribution >= 0.6 is 0 Å². The Hall–Kier alpha value is -2.25. The van der Waals surface area contributed by atoms with E-state index < -0.39 is 4.92 Å². The van der Waals surface area contributed by atoms with Crippen LogP contribution in [0, 0.1) is 10.1 Å². The summed E-state index contributed by atoms with van der Waals surface area (Å²) in [4.78, 5) is 24.2. The van der Waals surface area contributed by atoms with Crippen LogP contribution in [0.3, 0.4) is 0 Å². The van der Waals surface area contributed by atoms with Crippen molar-refractivity contribution in [2.45, 2.75) is 0 Å². The summed E-state index contributed by atoms with van der Waals surface area (Å²) in [6, 6.07) is 6.16. The zero-order valence-corrected chi connectivity index (χ0v) is 11.9. The van der Waals surface area contributed by atoms with E-state index in [1.54, 1.807) is 18.2 Å². The van der Waals surface area contributed by atoms with Crippen LogP contribution in [0.15, 0.2) is 30.3 Å². The number of amides is 1. The number of benzene rings is 1. The van der Waals surface area contributed by atoms with Gasteiger partial charge in [0, 0.05) is 44.4 Å². The largest absolute Gasteiger partial charge is 0.304 e. The van der Waals surface area contributed by atoms with Crippen molar-refractivity contribution in [1.29, 1.82) is 0 Å². The zero-order chi connectivity index (χ0) is 15.2. The molecule has 0 saturated carbocycles. The molecule has 112 valence electrons. The highest BCUT2D eigenvalue weighted by molar-refractivity contribution is 5.91. The normalized spacial score (nSPS) is 17.0. The predicted molar refractivity (Wildman–Crippen MR) is 79.3 cm³/mol. The first-order chi connectivity index (χ1) is 10.0. The minimum Gasteiger partial charge on any atom is -0.304 e. The number of carbonyl (C=O) groups is 1. The molecule has 21 heavy (non-hydrogen) atoms. The molecule has 1 fully saturated rings. The number of likely N-dealkylation sites (N-methyl/N-ethyl adjacent to an activating group) is 1. The third-order valence-electron chi connectivity index (χ3n) is 3.28. The number of hydrogen-bond donors (Lipinski definition) is 1. The van der Waals surface area contributed by atoms with Crippen LogP contribution in [0.1, 0.15) is 5.56 Å². The highest BCUT2D eigenvalue weighted by atomic mass is 16.6. The van der Waals surface area contributed by atoms with Gasteiger partial charge in [0.15, 0.2) is 0 Å². The lowest BCUT2D eigenvalue weighted by Crippen LogP contribution is -2.52. The number of nitro groups is 1. The second-order valence-corrected chi connectivity index (χ2v) is 4.95. The summed E-state index contributed by atoms with van der Waals surface area (Å²) in [6.45, 7) is 3.39. The van der Waals surface area contributed by atoms with Gasteiger partial charge in [-0.25, -0.2) is 5.01 Å². The molecule has 0 aliphatic carbocycles. The van der Waals surface area contributed by atoms with Gasteiger partial charge in [-0.05, 0) is 18.7 Å². The van der Waals surface area contributed by atoms with Crippen molar-refractivity contribution in [3.8, 4) is 0 Å². The number of piperazine rings is 1. The lowest BCUT2D eigenvalue weighted by molar-refractivity contribution is -0.384. The molecule has 7 nitrogen and oxygen atoms in total. The molecule has 7 heteroatoms. The molecule has 0 spiro atoms. The third kappa shape index (κ3) is 4.66. The van der Waals surface area contributed by atoms with Crippen molar-refractivity contribution in [2.75, 3.05) is 33.2 Å². The van der Waals surface area contributed by atoms with Crippen LogP contribution in [0.25, 0.3) is 6.08 Å². The van der Waals surface area contributed by atoms with E-state index in [2.05, 4.69) is 10.3 Å². The Balaban J connectivity index is 1.90. The summed E-state index contributed by atoms with van der Waals surface area (Å²) < 4.78 is 0. The molecule has 1 aromatic carbocycles. The summed E-state index contributed by atoms with van der Waals surface area (Å²) in [5.41, 5.74) is 3.43. The highest BCUT2D eigenvalue weighted by Crippen LogP contribution is 2.13. The number of hydrazine groups is 1. The molecule has 1 aromatic rings. The molecule has 1 saturated heterocycles. The molecule has 0 radical (unpaired) electrons. The maximum absolute atomic E-state index is 11.8. The Morgan fingerprint density at radius 1 is 1.33 bits per heavy atom. The van der Waals surface area contributed by atoms with Crippen molar-refractivity contribution >= 4 is 17.7 Å². The van der Waals surface area contributed by atoms with Gasteiger partial charge < -0.3 is 4.90 Å². The van der Waals surface area contributed by atoms with Gasteiger partial charge in [-0.3, -0.25) is 20.3 Å². The minimum atomic E-state index is -0.457. The molecule has 1 aliphatic rings. The fourth-order valence-corrected chi connectivity index (χ4v) is 2.03. The van der Waals surface area contributed by atoms with Crippen LogP contribution < -0.4 is 5.43 Å². The lowest BCUT2D eigenvalue weighted by atomic mass is 10.2. The van der Waals surface area contributed by atoms with Gasteiger partial charge in [0.1, 0.15) is 0 Å². The van der Waals surface area contributed by atoms with Gasteiger partial charge in [-0.2, -0.15) is 0 Å². The van der Waals surface area contributed by atoms with Gasteiger partial charge >= 0.3 is 0 Å². The molecule has 0 atom stereocenters. The molecule has 0 aromatic heterocycles. The van der Waals surface area contributed by atoms with E-state index in [1.807, 2.05) is 12.1 Å². The van der Waals surface area contributed by atoms with Crippen LogP contribution in [-0.4, -0.2) is 54.0 Å². The van der Waals surface area contributed by atoms with E-state index in [0.717, 1.165) is 26.2 Å². The molecular formula is C14H18N4O3. The quantitative estimate of drug-likeness (QED) is 0.506. The Labute approximate surface area is 123 Å². The summed E-state index contributed by atoms with van der Waals surface area (Å²) in [7, 11) is 2.04. The maximum atomic E-state index is 11.8. The average molecular weight is 290 g/mol. The van der Waals surface area contributed by atoms with E-state index in [9.17, 15) is 14.9 Å². The fraction of sp³-hybridized carbons (Fsp3) is 0.357. The molecule has 1 N–H and O–H groups in total. The number of non-ortho nitro benzene ring substituents is 1. The van der Waals surface area contributed by atoms with Gasteiger partial charge in [-0.15, -0.1) is 0 Å². The molecule has 2 rings (SSSR count). The summed E-state index contributed by atoms with van der Waals surface area (Å²) >= 11 is 0. The van der Waals surface area contributed by atoms with E-state index in [-0.39, 0.29) is 11.6 Å². The van der Waals surface area contributed by atoms with Crippen molar-refractivity contribution in [1.82, 2.24) is 15.3 Å². The zero-order valence-electron chi connectivity index (χ0n) is 11.9. The molecule has 1 amide bonds. The van der Waals surface area contributed by atoms with E-state index in [4.69, 9.17) is 0 Å². The van der Waals surface area contributed by atoms with Crippen molar-refractivity contribution in [2.24, 2.45) is 0 Å². The first kappa shape index (κ1) is 15.1. The predicted octanol–water partition coefficient (Wildman–Crippen LogP) is 0.887. The van der Waals surface area contributed by atoms with Gasteiger partial charge in [0.25, 0.3) is 11.6 Å². The molecule has 1 heterocycles. The second kappa shape index (κ2) is 6.96. The number of hydrogen-bond acceptors (Lipinski definition) is 5. The van der Waals surface area contributed by atoms with Crippen molar-refractivity contribution in [3.05, 3.63) is 46.0 Å². The maximum Gasteiger partial charge on any atom is 0.270 e. The number of rotatable bonds is 4. The highest BCUT2D eigenvalue weighted by Gasteiger charge is 2.14. The summed E-state index contributed by atoms with van der Waals surface area (Å²) in [5, 5.41) is 12.5. The number of carbonyl (C=O) groups excluding carboxylic acids is 1. The van der Waals surface area contributed by atoms with Gasteiger partial charge in [0.2, 0.25) is 0 Å². The molecule has 0 unspecified atom stereocenters. The standard InChI is InChI=1S/C14H18N4O3/c1-16-7-9-17(10-8-16)15-14(19)6-5-12-3-2-4-13(11-12)18(20)21/h2-6,11H,7-10H2,1H3,(H,15,19)/b6-5-. The monoisotopic (exact) mass is 290 g/mol. The first-order valence-corrected chi connectivity index (χ1v) is 6.71. The second-order valence-electron chi connectivity index (χ2n) is 4.95. The van der Waals surface area contributed by atoms with E-state index >= 15 is 0 Å². The van der Waals surface area contributed by atoms with Crippen LogP contribution in [-0.2, 0) is 4.79 Å². The Morgan fingerprint density at radius 2 is 2.05 bits per heavy atom. The van der Waals surface area contributed by atoms with Crippen molar-refractivity contribution < 1.29 is 9.72 Å². The molecule has 1 aliphatic heterocycles. The van der Waals surface area contributed by atoms with Gasteiger partial charge in [0.05, 0.1) is 4.92 Å². The van der Waals surface area contributed by atoms with E-state index in [0.29, 0.717) is 5.56 Å². The Kier molecular flexibility index (Phi) is 5.02. The minimum absolute atomic E-state index is 0.0108. The lowest BCUT2D eigenvalue weighted by Gasteiger charge is -2.31. The van der Waals surface area contributed by atoms with Crippen LogP contribution in [0.5, 0.6) is 0 Å². The molecule has 0 bridgehead atoms. The average Bonchev–Trinajstić information content (AvgIpc) is 2.48. The Morgan fingerprint density at radius 3 is 2.71 bits per heavy atom.